The van der Waals surface area contributed by atoms with Crippen LogP contribution in [-0.2, 0) is 4.74 Å². The predicted molar refractivity (Wildman–Crippen MR) is 73.1 cm³/mol. The molecular formula is C11H17IN2O. The van der Waals surface area contributed by atoms with Gasteiger partial charge in [-0.05, 0) is 54.6 Å². The molecule has 0 heterocycles. The lowest BCUT2D eigenvalue weighted by Gasteiger charge is -2.27. The SMILES string of the molecule is COCC(C)(C)Nc1ccc(N)cc1I. The van der Waals surface area contributed by atoms with E-state index in [1.807, 2.05) is 18.2 Å². The van der Waals surface area contributed by atoms with Crippen LogP contribution in [-0.4, -0.2) is 19.3 Å². The van der Waals surface area contributed by atoms with Crippen LogP contribution in [0, 0.1) is 3.57 Å². The molecule has 3 N–H and O–H groups in total. The summed E-state index contributed by atoms with van der Waals surface area (Å²) in [5.41, 5.74) is 7.49. The van der Waals surface area contributed by atoms with Gasteiger partial charge in [-0.3, -0.25) is 0 Å². The molecule has 1 rings (SSSR count). The van der Waals surface area contributed by atoms with Crippen molar-refractivity contribution in [1.82, 2.24) is 0 Å². The van der Waals surface area contributed by atoms with Gasteiger partial charge in [-0.25, -0.2) is 0 Å². The van der Waals surface area contributed by atoms with Gasteiger partial charge in [0.1, 0.15) is 0 Å². The van der Waals surface area contributed by atoms with E-state index in [9.17, 15) is 0 Å². The first-order chi connectivity index (χ1) is 6.94. The Morgan fingerprint density at radius 2 is 2.13 bits per heavy atom. The summed E-state index contributed by atoms with van der Waals surface area (Å²) in [6.07, 6.45) is 0. The van der Waals surface area contributed by atoms with Crippen LogP contribution < -0.4 is 11.1 Å². The van der Waals surface area contributed by atoms with E-state index in [1.165, 1.54) is 0 Å². The zero-order valence-corrected chi connectivity index (χ0v) is 11.5. The van der Waals surface area contributed by atoms with Crippen LogP contribution in [0.4, 0.5) is 11.4 Å². The molecule has 0 saturated heterocycles. The minimum absolute atomic E-state index is 0.0786. The Morgan fingerprint density at radius 1 is 1.47 bits per heavy atom. The highest BCUT2D eigenvalue weighted by molar-refractivity contribution is 14.1. The summed E-state index contributed by atoms with van der Waals surface area (Å²) >= 11 is 2.27. The largest absolute Gasteiger partial charge is 0.399 e. The third kappa shape index (κ3) is 3.87. The quantitative estimate of drug-likeness (QED) is 0.662. The molecule has 0 radical (unpaired) electrons. The van der Waals surface area contributed by atoms with Crippen molar-refractivity contribution in [3.8, 4) is 0 Å². The van der Waals surface area contributed by atoms with Gasteiger partial charge in [0, 0.05) is 22.1 Å². The summed E-state index contributed by atoms with van der Waals surface area (Å²) in [6.45, 7) is 4.86. The molecular weight excluding hydrogens is 303 g/mol. The van der Waals surface area contributed by atoms with Crippen LogP contribution in [0.25, 0.3) is 0 Å². The van der Waals surface area contributed by atoms with Crippen molar-refractivity contribution < 1.29 is 4.74 Å². The average molecular weight is 320 g/mol. The maximum atomic E-state index is 5.69. The molecule has 0 unspecified atom stereocenters. The summed E-state index contributed by atoms with van der Waals surface area (Å²) in [5, 5.41) is 3.43. The number of nitrogens with one attached hydrogen (secondary N) is 1. The van der Waals surface area contributed by atoms with Gasteiger partial charge in [-0.2, -0.15) is 0 Å². The topological polar surface area (TPSA) is 47.3 Å². The number of rotatable bonds is 4. The number of nitrogens with two attached hydrogens (primary N) is 1. The van der Waals surface area contributed by atoms with Crippen molar-refractivity contribution in [2.75, 3.05) is 24.8 Å². The zero-order chi connectivity index (χ0) is 11.5. The Hall–Kier alpha value is -0.490. The van der Waals surface area contributed by atoms with E-state index in [0.717, 1.165) is 14.9 Å². The van der Waals surface area contributed by atoms with Gasteiger partial charge in [0.05, 0.1) is 12.1 Å². The predicted octanol–water partition coefficient (Wildman–Crippen LogP) is 2.71. The monoisotopic (exact) mass is 320 g/mol. The second-order valence-electron chi connectivity index (χ2n) is 4.18. The highest BCUT2D eigenvalue weighted by atomic mass is 127. The van der Waals surface area contributed by atoms with Crippen LogP contribution >= 0.6 is 22.6 Å². The normalized spacial score (nSPS) is 11.5. The highest BCUT2D eigenvalue weighted by Crippen LogP contribution is 2.24. The standard InChI is InChI=1S/C11H17IN2O/c1-11(2,7-15-3)14-10-5-4-8(13)6-9(10)12/h4-6,14H,7,13H2,1-3H3. The molecule has 0 aliphatic rings. The van der Waals surface area contributed by atoms with Crippen molar-refractivity contribution >= 4 is 34.0 Å². The lowest BCUT2D eigenvalue weighted by Crippen LogP contribution is -2.36. The van der Waals surface area contributed by atoms with Crippen LogP contribution in [0.5, 0.6) is 0 Å². The molecule has 0 atom stereocenters. The van der Waals surface area contributed by atoms with Crippen LogP contribution in [0.1, 0.15) is 13.8 Å². The molecule has 0 aliphatic heterocycles. The number of methoxy groups -OCH3 is 1. The highest BCUT2D eigenvalue weighted by Gasteiger charge is 2.17. The fraction of sp³-hybridized carbons (Fsp3) is 0.455. The van der Waals surface area contributed by atoms with Crippen LogP contribution in [0.3, 0.4) is 0 Å². The summed E-state index contributed by atoms with van der Waals surface area (Å²) < 4.78 is 6.27. The Morgan fingerprint density at radius 3 is 2.67 bits per heavy atom. The van der Waals surface area contributed by atoms with Crippen molar-refractivity contribution in [1.29, 1.82) is 0 Å². The molecule has 0 fully saturated rings. The van der Waals surface area contributed by atoms with Gasteiger partial charge < -0.3 is 15.8 Å². The van der Waals surface area contributed by atoms with E-state index in [0.29, 0.717) is 6.61 Å². The maximum Gasteiger partial charge on any atom is 0.0687 e. The third-order valence-corrected chi connectivity index (χ3v) is 2.86. The molecule has 4 heteroatoms. The minimum Gasteiger partial charge on any atom is -0.399 e. The Balaban J connectivity index is 2.80. The molecule has 0 aliphatic carbocycles. The number of ether oxygens (including phenoxy) is 1. The molecule has 15 heavy (non-hydrogen) atoms. The lowest BCUT2D eigenvalue weighted by atomic mass is 10.1. The summed E-state index contributed by atoms with van der Waals surface area (Å²) in [7, 11) is 1.71. The van der Waals surface area contributed by atoms with E-state index in [4.69, 9.17) is 10.5 Å². The molecule has 0 spiro atoms. The molecule has 0 amide bonds. The van der Waals surface area contributed by atoms with Crippen molar-refractivity contribution in [3.63, 3.8) is 0 Å². The number of anilines is 2. The van der Waals surface area contributed by atoms with Gasteiger partial charge in [0.25, 0.3) is 0 Å². The molecule has 0 bridgehead atoms. The second kappa shape index (κ2) is 5.03. The molecule has 84 valence electrons. The van der Waals surface area contributed by atoms with E-state index < -0.39 is 0 Å². The van der Waals surface area contributed by atoms with E-state index in [-0.39, 0.29) is 5.54 Å². The third-order valence-electron chi connectivity index (χ3n) is 1.97. The number of hydrogen-bond acceptors (Lipinski definition) is 3. The van der Waals surface area contributed by atoms with Gasteiger partial charge in [-0.15, -0.1) is 0 Å². The number of hydrogen-bond donors (Lipinski definition) is 2. The Labute approximate surface area is 105 Å². The number of benzene rings is 1. The smallest absolute Gasteiger partial charge is 0.0687 e. The summed E-state index contributed by atoms with van der Waals surface area (Å²) in [5.74, 6) is 0. The first-order valence-electron chi connectivity index (χ1n) is 4.77. The van der Waals surface area contributed by atoms with Gasteiger partial charge in [0.15, 0.2) is 0 Å². The van der Waals surface area contributed by atoms with Crippen molar-refractivity contribution in [3.05, 3.63) is 21.8 Å². The van der Waals surface area contributed by atoms with Crippen LogP contribution in [0.2, 0.25) is 0 Å². The second-order valence-corrected chi connectivity index (χ2v) is 5.34. The molecule has 1 aromatic carbocycles. The lowest BCUT2D eigenvalue weighted by molar-refractivity contribution is 0.158. The molecule has 0 aromatic heterocycles. The number of halogens is 1. The Kier molecular flexibility index (Phi) is 4.21. The fourth-order valence-corrected chi connectivity index (χ4v) is 2.07. The van der Waals surface area contributed by atoms with Crippen molar-refractivity contribution in [2.45, 2.75) is 19.4 Å². The van der Waals surface area contributed by atoms with Gasteiger partial charge in [0.2, 0.25) is 0 Å². The Bertz CT molecular complexity index is 339. The van der Waals surface area contributed by atoms with Crippen LogP contribution in [0.15, 0.2) is 18.2 Å². The first kappa shape index (κ1) is 12.6. The first-order valence-corrected chi connectivity index (χ1v) is 5.84. The summed E-state index contributed by atoms with van der Waals surface area (Å²) in [4.78, 5) is 0. The van der Waals surface area contributed by atoms with E-state index in [1.54, 1.807) is 7.11 Å². The van der Waals surface area contributed by atoms with Gasteiger partial charge in [-0.1, -0.05) is 0 Å². The minimum atomic E-state index is -0.0786. The van der Waals surface area contributed by atoms with Gasteiger partial charge >= 0.3 is 0 Å². The summed E-state index contributed by atoms with van der Waals surface area (Å²) in [6, 6.07) is 5.84. The van der Waals surface area contributed by atoms with E-state index in [2.05, 4.69) is 41.8 Å². The zero-order valence-electron chi connectivity index (χ0n) is 9.30. The number of nitrogen functional groups attached to an aromatic ring is 1. The molecule has 1 aromatic rings. The fourth-order valence-electron chi connectivity index (χ4n) is 1.39. The van der Waals surface area contributed by atoms with Crippen molar-refractivity contribution in [2.24, 2.45) is 0 Å². The maximum absolute atomic E-state index is 5.69. The molecule has 3 nitrogen and oxygen atoms in total. The van der Waals surface area contributed by atoms with E-state index >= 15 is 0 Å². The molecule has 0 saturated carbocycles. The average Bonchev–Trinajstić information content (AvgIpc) is 2.09.